The Morgan fingerprint density at radius 2 is 1.86 bits per heavy atom. The zero-order valence-electron chi connectivity index (χ0n) is 12.2. The molecule has 1 N–H and O–H groups in total. The Labute approximate surface area is 139 Å². The van der Waals surface area contributed by atoms with Crippen LogP contribution in [0.4, 0.5) is 0 Å². The maximum atomic E-state index is 12.5. The number of sulfonamides is 1. The van der Waals surface area contributed by atoms with Crippen LogP contribution in [-0.4, -0.2) is 21.8 Å². The Bertz CT molecular complexity index is 746. The molecule has 0 aliphatic heterocycles. The van der Waals surface area contributed by atoms with Crippen molar-refractivity contribution in [2.24, 2.45) is 0 Å². The Morgan fingerprint density at radius 3 is 2.45 bits per heavy atom. The van der Waals surface area contributed by atoms with Gasteiger partial charge in [-0.3, -0.25) is 0 Å². The van der Waals surface area contributed by atoms with E-state index < -0.39 is 10.0 Å². The van der Waals surface area contributed by atoms with E-state index >= 15 is 0 Å². The van der Waals surface area contributed by atoms with Crippen LogP contribution in [0.1, 0.15) is 5.56 Å². The SMILES string of the molecule is COc1ccc(CNS(=O)(=O)c2cc(Cl)ccc2SC)cc1. The highest BCUT2D eigenvalue weighted by Crippen LogP contribution is 2.27. The molecule has 4 nitrogen and oxygen atoms in total. The molecule has 0 atom stereocenters. The van der Waals surface area contributed by atoms with E-state index in [9.17, 15) is 8.42 Å². The van der Waals surface area contributed by atoms with Crippen molar-refractivity contribution in [3.8, 4) is 5.75 Å². The first-order chi connectivity index (χ1) is 10.5. The van der Waals surface area contributed by atoms with Crippen LogP contribution in [0.25, 0.3) is 0 Å². The van der Waals surface area contributed by atoms with Crippen molar-refractivity contribution >= 4 is 33.4 Å². The molecule has 2 rings (SSSR count). The molecule has 0 bridgehead atoms. The second-order valence-electron chi connectivity index (χ2n) is 4.47. The first kappa shape index (κ1) is 17.1. The molecule has 2 aromatic carbocycles. The molecule has 0 aliphatic carbocycles. The average molecular weight is 358 g/mol. The third-order valence-corrected chi connectivity index (χ3v) is 5.64. The van der Waals surface area contributed by atoms with Gasteiger partial charge in [0, 0.05) is 16.5 Å². The van der Waals surface area contributed by atoms with Gasteiger partial charge in [0.1, 0.15) is 5.75 Å². The number of rotatable bonds is 6. The minimum Gasteiger partial charge on any atom is -0.497 e. The van der Waals surface area contributed by atoms with Gasteiger partial charge in [0.25, 0.3) is 0 Å². The fourth-order valence-corrected chi connectivity index (χ4v) is 4.27. The first-order valence-electron chi connectivity index (χ1n) is 6.42. The monoisotopic (exact) mass is 357 g/mol. The van der Waals surface area contributed by atoms with Gasteiger partial charge in [-0.1, -0.05) is 23.7 Å². The molecular formula is C15H16ClNO3S2. The zero-order valence-corrected chi connectivity index (χ0v) is 14.6. The van der Waals surface area contributed by atoms with Crippen molar-refractivity contribution < 1.29 is 13.2 Å². The number of methoxy groups -OCH3 is 1. The minimum atomic E-state index is -3.63. The third kappa shape index (κ3) is 4.16. The van der Waals surface area contributed by atoms with Gasteiger partial charge in [-0.2, -0.15) is 0 Å². The summed E-state index contributed by atoms with van der Waals surface area (Å²) in [5.74, 6) is 0.728. The van der Waals surface area contributed by atoms with Crippen molar-refractivity contribution in [1.82, 2.24) is 4.72 Å². The Hall–Kier alpha value is -1.21. The van der Waals surface area contributed by atoms with Gasteiger partial charge in [0.2, 0.25) is 10.0 Å². The lowest BCUT2D eigenvalue weighted by atomic mass is 10.2. The third-order valence-electron chi connectivity index (χ3n) is 3.04. The van der Waals surface area contributed by atoms with Crippen LogP contribution in [0.2, 0.25) is 5.02 Å². The van der Waals surface area contributed by atoms with Gasteiger partial charge < -0.3 is 4.74 Å². The van der Waals surface area contributed by atoms with Crippen molar-refractivity contribution in [3.63, 3.8) is 0 Å². The van der Waals surface area contributed by atoms with Crippen molar-refractivity contribution in [3.05, 3.63) is 53.1 Å². The van der Waals surface area contributed by atoms with Crippen LogP contribution >= 0.6 is 23.4 Å². The predicted octanol–water partition coefficient (Wildman–Crippen LogP) is 3.55. The molecule has 2 aromatic rings. The zero-order chi connectivity index (χ0) is 16.2. The molecule has 0 unspecified atom stereocenters. The van der Waals surface area contributed by atoms with E-state index in [-0.39, 0.29) is 11.4 Å². The van der Waals surface area contributed by atoms with Crippen molar-refractivity contribution in [2.75, 3.05) is 13.4 Å². The lowest BCUT2D eigenvalue weighted by Gasteiger charge is -2.11. The number of hydrogen-bond donors (Lipinski definition) is 1. The number of ether oxygens (including phenoxy) is 1. The Morgan fingerprint density at radius 1 is 1.18 bits per heavy atom. The molecule has 22 heavy (non-hydrogen) atoms. The number of hydrogen-bond acceptors (Lipinski definition) is 4. The summed E-state index contributed by atoms with van der Waals surface area (Å²) in [5, 5.41) is 0.391. The van der Waals surface area contributed by atoms with Crippen molar-refractivity contribution in [2.45, 2.75) is 16.3 Å². The minimum absolute atomic E-state index is 0.195. The van der Waals surface area contributed by atoms with E-state index in [1.54, 1.807) is 31.4 Å². The second-order valence-corrected chi connectivity index (χ2v) is 7.49. The molecule has 0 fully saturated rings. The van der Waals surface area contributed by atoms with E-state index in [1.165, 1.54) is 17.8 Å². The van der Waals surface area contributed by atoms with E-state index in [1.807, 2.05) is 18.4 Å². The topological polar surface area (TPSA) is 55.4 Å². The van der Waals surface area contributed by atoms with Crippen LogP contribution in [0.5, 0.6) is 5.75 Å². The second kappa shape index (κ2) is 7.37. The van der Waals surface area contributed by atoms with E-state index in [0.717, 1.165) is 11.3 Å². The lowest BCUT2D eigenvalue weighted by Crippen LogP contribution is -2.23. The highest BCUT2D eigenvalue weighted by Gasteiger charge is 2.18. The average Bonchev–Trinajstić information content (AvgIpc) is 2.53. The molecule has 0 aliphatic rings. The summed E-state index contributed by atoms with van der Waals surface area (Å²) in [6.07, 6.45) is 1.83. The normalized spacial score (nSPS) is 11.4. The van der Waals surface area contributed by atoms with Gasteiger partial charge in [0.05, 0.1) is 12.0 Å². The highest BCUT2D eigenvalue weighted by atomic mass is 35.5. The van der Waals surface area contributed by atoms with E-state index in [2.05, 4.69) is 4.72 Å². The van der Waals surface area contributed by atoms with Gasteiger partial charge in [-0.05, 0) is 42.2 Å². The van der Waals surface area contributed by atoms with Crippen LogP contribution in [0.3, 0.4) is 0 Å². The summed E-state index contributed by atoms with van der Waals surface area (Å²) in [4.78, 5) is 0.854. The van der Waals surface area contributed by atoms with Crippen LogP contribution in [0, 0.1) is 0 Å². The van der Waals surface area contributed by atoms with Gasteiger partial charge in [0.15, 0.2) is 0 Å². The maximum absolute atomic E-state index is 12.5. The molecule has 0 saturated carbocycles. The Balaban J connectivity index is 2.18. The summed E-state index contributed by atoms with van der Waals surface area (Å²) in [6.45, 7) is 0.201. The largest absolute Gasteiger partial charge is 0.497 e. The maximum Gasteiger partial charge on any atom is 0.242 e. The molecule has 7 heteroatoms. The van der Waals surface area contributed by atoms with Gasteiger partial charge in [-0.15, -0.1) is 11.8 Å². The molecule has 118 valence electrons. The van der Waals surface area contributed by atoms with E-state index in [4.69, 9.17) is 16.3 Å². The van der Waals surface area contributed by atoms with Crippen LogP contribution < -0.4 is 9.46 Å². The number of halogens is 1. The van der Waals surface area contributed by atoms with Crippen LogP contribution in [-0.2, 0) is 16.6 Å². The quantitative estimate of drug-likeness (QED) is 0.803. The summed E-state index contributed by atoms with van der Waals surface area (Å²) in [5.41, 5.74) is 0.845. The fourth-order valence-electron chi connectivity index (χ4n) is 1.86. The predicted molar refractivity (Wildman–Crippen MR) is 90.3 cm³/mol. The summed E-state index contributed by atoms with van der Waals surface area (Å²) in [7, 11) is -2.04. The smallest absolute Gasteiger partial charge is 0.242 e. The van der Waals surface area contributed by atoms with Gasteiger partial charge in [-0.25, -0.2) is 13.1 Å². The van der Waals surface area contributed by atoms with E-state index in [0.29, 0.717) is 9.92 Å². The number of nitrogens with one attached hydrogen (secondary N) is 1. The molecule has 0 heterocycles. The summed E-state index contributed by atoms with van der Waals surface area (Å²) < 4.78 is 32.6. The van der Waals surface area contributed by atoms with Crippen LogP contribution in [0.15, 0.2) is 52.3 Å². The number of thioether (sulfide) groups is 1. The summed E-state index contributed by atoms with van der Waals surface area (Å²) >= 11 is 7.28. The standard InChI is InChI=1S/C15H16ClNO3S2/c1-20-13-6-3-11(4-7-13)10-17-22(18,19)15-9-12(16)5-8-14(15)21-2/h3-9,17H,10H2,1-2H3. The molecule has 0 spiro atoms. The number of benzene rings is 2. The molecule has 0 radical (unpaired) electrons. The summed E-state index contributed by atoms with van der Waals surface area (Å²) in [6, 6.07) is 12.0. The molecule has 0 saturated heterocycles. The molecule has 0 amide bonds. The lowest BCUT2D eigenvalue weighted by molar-refractivity contribution is 0.414. The van der Waals surface area contributed by atoms with Crippen molar-refractivity contribution in [1.29, 1.82) is 0 Å². The molecule has 0 aromatic heterocycles. The Kier molecular flexibility index (Phi) is 5.74. The fraction of sp³-hybridized carbons (Fsp3) is 0.200. The molecular weight excluding hydrogens is 342 g/mol. The first-order valence-corrected chi connectivity index (χ1v) is 9.51. The van der Waals surface area contributed by atoms with Gasteiger partial charge >= 0.3 is 0 Å². The highest BCUT2D eigenvalue weighted by molar-refractivity contribution is 7.99.